The van der Waals surface area contributed by atoms with Gasteiger partial charge in [0.1, 0.15) is 5.58 Å². The Bertz CT molecular complexity index is 2530. The van der Waals surface area contributed by atoms with Gasteiger partial charge in [0.25, 0.3) is 0 Å². The standard InChI is InChI=1S/C48H33NO/c1-4-12-34(13-5-1)36-20-22-37(23-21-36)38-24-26-39(27-25-38)40-28-30-43(31-29-40)49(42-16-8-3-9-17-42)46-33-41(35-14-6-2-7-15-35)32-45-44-18-10-11-19-47(44)50-48(45)46/h1-33H. The van der Waals surface area contributed by atoms with Crippen molar-refractivity contribution in [1.82, 2.24) is 0 Å². The van der Waals surface area contributed by atoms with Crippen LogP contribution in [-0.2, 0) is 0 Å². The first kappa shape index (κ1) is 29.5. The largest absolute Gasteiger partial charge is 0.454 e. The molecular formula is C48H33NO. The van der Waals surface area contributed by atoms with Crippen LogP contribution in [0.2, 0.25) is 0 Å². The zero-order valence-electron chi connectivity index (χ0n) is 27.4. The van der Waals surface area contributed by atoms with E-state index < -0.39 is 0 Å². The third-order valence-electron chi connectivity index (χ3n) is 9.49. The third-order valence-corrected chi connectivity index (χ3v) is 9.49. The maximum atomic E-state index is 6.63. The van der Waals surface area contributed by atoms with Crippen LogP contribution in [0.3, 0.4) is 0 Å². The van der Waals surface area contributed by atoms with Gasteiger partial charge in [-0.05, 0) is 87.0 Å². The molecule has 50 heavy (non-hydrogen) atoms. The van der Waals surface area contributed by atoms with Crippen molar-refractivity contribution in [2.24, 2.45) is 0 Å². The van der Waals surface area contributed by atoms with Crippen molar-refractivity contribution in [2.45, 2.75) is 0 Å². The Balaban J connectivity index is 1.09. The topological polar surface area (TPSA) is 16.4 Å². The lowest BCUT2D eigenvalue weighted by Gasteiger charge is -2.26. The Morgan fingerprint density at radius 3 is 1.24 bits per heavy atom. The minimum atomic E-state index is 0.867. The molecule has 9 rings (SSSR count). The molecule has 1 aromatic heterocycles. The number of para-hydroxylation sites is 2. The summed E-state index contributed by atoms with van der Waals surface area (Å²) in [6.07, 6.45) is 0. The number of anilines is 3. The number of fused-ring (bicyclic) bond motifs is 3. The molecule has 0 fully saturated rings. The zero-order chi connectivity index (χ0) is 33.3. The summed E-state index contributed by atoms with van der Waals surface area (Å²) in [7, 11) is 0. The zero-order valence-corrected chi connectivity index (χ0v) is 27.4. The Labute approximate surface area is 292 Å². The van der Waals surface area contributed by atoms with E-state index >= 15 is 0 Å². The van der Waals surface area contributed by atoms with Gasteiger partial charge in [0.2, 0.25) is 0 Å². The summed E-state index contributed by atoms with van der Waals surface area (Å²) >= 11 is 0. The van der Waals surface area contributed by atoms with Crippen LogP contribution in [0.15, 0.2) is 205 Å². The van der Waals surface area contributed by atoms with Gasteiger partial charge < -0.3 is 9.32 Å². The average Bonchev–Trinajstić information content (AvgIpc) is 3.58. The Morgan fingerprint density at radius 1 is 0.300 bits per heavy atom. The molecule has 0 aliphatic heterocycles. The van der Waals surface area contributed by atoms with Gasteiger partial charge in [-0.2, -0.15) is 0 Å². The van der Waals surface area contributed by atoms with Crippen LogP contribution in [-0.4, -0.2) is 0 Å². The minimum Gasteiger partial charge on any atom is -0.454 e. The summed E-state index contributed by atoms with van der Waals surface area (Å²) in [4.78, 5) is 2.31. The molecule has 0 spiro atoms. The Kier molecular flexibility index (Phi) is 7.53. The molecule has 0 saturated heterocycles. The van der Waals surface area contributed by atoms with E-state index in [0.717, 1.165) is 44.6 Å². The van der Waals surface area contributed by atoms with Crippen molar-refractivity contribution < 1.29 is 4.42 Å². The lowest BCUT2D eigenvalue weighted by molar-refractivity contribution is 0.669. The Morgan fingerprint density at radius 2 is 0.700 bits per heavy atom. The predicted octanol–water partition coefficient (Wildman–Crippen LogP) is 13.7. The molecule has 0 radical (unpaired) electrons. The van der Waals surface area contributed by atoms with E-state index in [1.807, 2.05) is 12.1 Å². The first-order valence-corrected chi connectivity index (χ1v) is 17.0. The second-order valence-corrected chi connectivity index (χ2v) is 12.6. The molecule has 9 aromatic rings. The van der Waals surface area contributed by atoms with E-state index in [2.05, 4.69) is 193 Å². The molecular weight excluding hydrogens is 607 g/mol. The van der Waals surface area contributed by atoms with Crippen LogP contribution >= 0.6 is 0 Å². The Hall–Kier alpha value is -6.64. The highest BCUT2D eigenvalue weighted by molar-refractivity contribution is 6.12. The summed E-state index contributed by atoms with van der Waals surface area (Å²) in [5.74, 6) is 0. The van der Waals surface area contributed by atoms with E-state index in [1.54, 1.807) is 0 Å². The van der Waals surface area contributed by atoms with Gasteiger partial charge in [-0.1, -0.05) is 158 Å². The number of hydrogen-bond donors (Lipinski definition) is 0. The van der Waals surface area contributed by atoms with E-state index in [4.69, 9.17) is 4.42 Å². The van der Waals surface area contributed by atoms with Gasteiger partial charge >= 0.3 is 0 Å². The SMILES string of the molecule is c1ccc(-c2ccc(-c3ccc(-c4ccc(N(c5ccccc5)c5cc(-c6ccccc6)cc6c5oc5ccccc56)cc4)cc3)cc2)cc1. The highest BCUT2D eigenvalue weighted by atomic mass is 16.3. The second-order valence-electron chi connectivity index (χ2n) is 12.6. The number of nitrogens with zero attached hydrogens (tertiary/aromatic N) is 1. The van der Waals surface area contributed by atoms with Crippen molar-refractivity contribution in [3.63, 3.8) is 0 Å². The van der Waals surface area contributed by atoms with Crippen molar-refractivity contribution in [2.75, 3.05) is 4.90 Å². The lowest BCUT2D eigenvalue weighted by atomic mass is 9.98. The number of furan rings is 1. The minimum absolute atomic E-state index is 0.867. The molecule has 0 aliphatic rings. The van der Waals surface area contributed by atoms with Crippen molar-refractivity contribution in [3.8, 4) is 44.5 Å². The van der Waals surface area contributed by atoms with Crippen molar-refractivity contribution in [3.05, 3.63) is 200 Å². The maximum absolute atomic E-state index is 6.63. The molecule has 236 valence electrons. The van der Waals surface area contributed by atoms with Gasteiger partial charge in [-0.25, -0.2) is 0 Å². The van der Waals surface area contributed by atoms with Gasteiger partial charge in [-0.3, -0.25) is 0 Å². The van der Waals surface area contributed by atoms with Gasteiger partial charge in [0.15, 0.2) is 5.58 Å². The number of benzene rings is 8. The van der Waals surface area contributed by atoms with E-state index in [1.165, 1.54) is 38.9 Å². The van der Waals surface area contributed by atoms with E-state index in [0.29, 0.717) is 0 Å². The predicted molar refractivity (Wildman–Crippen MR) is 210 cm³/mol. The monoisotopic (exact) mass is 639 g/mol. The van der Waals surface area contributed by atoms with Crippen molar-refractivity contribution in [1.29, 1.82) is 0 Å². The molecule has 0 N–H and O–H groups in total. The quantitative estimate of drug-likeness (QED) is 0.173. The third kappa shape index (κ3) is 5.53. The molecule has 8 aromatic carbocycles. The first-order valence-electron chi connectivity index (χ1n) is 17.0. The molecule has 0 saturated carbocycles. The van der Waals surface area contributed by atoms with Crippen LogP contribution in [0.1, 0.15) is 0 Å². The van der Waals surface area contributed by atoms with E-state index in [-0.39, 0.29) is 0 Å². The number of hydrogen-bond acceptors (Lipinski definition) is 2. The summed E-state index contributed by atoms with van der Waals surface area (Å²) in [6, 6.07) is 71.0. The molecule has 0 bridgehead atoms. The fraction of sp³-hybridized carbons (Fsp3) is 0. The van der Waals surface area contributed by atoms with Crippen LogP contribution in [0, 0.1) is 0 Å². The van der Waals surface area contributed by atoms with Crippen LogP contribution in [0.25, 0.3) is 66.4 Å². The normalized spacial score (nSPS) is 11.2. The highest BCUT2D eigenvalue weighted by Crippen LogP contribution is 2.45. The average molecular weight is 640 g/mol. The van der Waals surface area contributed by atoms with Crippen LogP contribution in [0.5, 0.6) is 0 Å². The second kappa shape index (κ2) is 12.8. The molecule has 0 aliphatic carbocycles. The van der Waals surface area contributed by atoms with Gasteiger partial charge in [0.05, 0.1) is 5.69 Å². The smallest absolute Gasteiger partial charge is 0.159 e. The fourth-order valence-electron chi connectivity index (χ4n) is 6.92. The highest BCUT2D eigenvalue weighted by Gasteiger charge is 2.21. The molecule has 0 atom stereocenters. The number of rotatable bonds is 7. The molecule has 2 nitrogen and oxygen atoms in total. The van der Waals surface area contributed by atoms with Gasteiger partial charge in [-0.15, -0.1) is 0 Å². The summed E-state index contributed by atoms with van der Waals surface area (Å²) in [5.41, 5.74) is 14.4. The summed E-state index contributed by atoms with van der Waals surface area (Å²) in [5, 5.41) is 2.21. The molecule has 0 amide bonds. The fourth-order valence-corrected chi connectivity index (χ4v) is 6.92. The maximum Gasteiger partial charge on any atom is 0.159 e. The lowest BCUT2D eigenvalue weighted by Crippen LogP contribution is -2.10. The first-order chi connectivity index (χ1) is 24.8. The van der Waals surface area contributed by atoms with Crippen molar-refractivity contribution >= 4 is 39.0 Å². The molecule has 2 heteroatoms. The van der Waals surface area contributed by atoms with Gasteiger partial charge in [0, 0.05) is 22.1 Å². The molecule has 0 unspecified atom stereocenters. The summed E-state index contributed by atoms with van der Waals surface area (Å²) < 4.78 is 6.63. The van der Waals surface area contributed by atoms with Crippen LogP contribution < -0.4 is 4.90 Å². The van der Waals surface area contributed by atoms with Crippen LogP contribution in [0.4, 0.5) is 17.1 Å². The summed E-state index contributed by atoms with van der Waals surface area (Å²) in [6.45, 7) is 0. The van der Waals surface area contributed by atoms with E-state index in [9.17, 15) is 0 Å². The molecule has 1 heterocycles.